The summed E-state index contributed by atoms with van der Waals surface area (Å²) in [5.41, 5.74) is 1.50. The number of ether oxygens (including phenoxy) is 1. The maximum absolute atomic E-state index is 11.9. The Morgan fingerprint density at radius 3 is 2.72 bits per heavy atom. The average molecular weight is 248 g/mol. The van der Waals surface area contributed by atoms with E-state index in [9.17, 15) is 14.8 Å². The van der Waals surface area contributed by atoms with E-state index in [1.807, 2.05) is 12.1 Å². The van der Waals surface area contributed by atoms with Gasteiger partial charge < -0.3 is 9.64 Å². The van der Waals surface area contributed by atoms with E-state index in [1.165, 1.54) is 12.0 Å². The minimum atomic E-state index is -0.771. The molecule has 1 N–H and O–H groups in total. The highest BCUT2D eigenvalue weighted by molar-refractivity contribution is 5.87. The molecule has 0 unspecified atom stereocenters. The van der Waals surface area contributed by atoms with Gasteiger partial charge in [-0.2, -0.15) is 5.06 Å². The number of benzene rings is 1. The van der Waals surface area contributed by atoms with Crippen molar-refractivity contribution in [2.75, 3.05) is 13.7 Å². The van der Waals surface area contributed by atoms with Crippen LogP contribution in [0.25, 0.3) is 0 Å². The normalized spacial score (nSPS) is 25.1. The smallest absolute Gasteiger partial charge is 0.345 e. The van der Waals surface area contributed by atoms with Gasteiger partial charge in [-0.1, -0.05) is 24.3 Å². The molecule has 18 heavy (non-hydrogen) atoms. The van der Waals surface area contributed by atoms with Crippen LogP contribution in [0.5, 0.6) is 0 Å². The number of fused-ring (bicyclic) bond motifs is 4. The van der Waals surface area contributed by atoms with Crippen LogP contribution in [0.2, 0.25) is 0 Å². The molecule has 2 aliphatic heterocycles. The van der Waals surface area contributed by atoms with Gasteiger partial charge in [-0.25, -0.2) is 9.59 Å². The van der Waals surface area contributed by atoms with Crippen LogP contribution in [-0.4, -0.2) is 40.8 Å². The molecule has 1 saturated heterocycles. The fraction of sp³-hybridized carbons (Fsp3) is 0.333. The van der Waals surface area contributed by atoms with Crippen LogP contribution in [0.1, 0.15) is 23.2 Å². The second-order valence-corrected chi connectivity index (χ2v) is 4.35. The van der Waals surface area contributed by atoms with Crippen LogP contribution in [0.3, 0.4) is 0 Å². The maximum Gasteiger partial charge on any atom is 0.345 e. The number of carbonyl (C=O) groups is 2. The highest BCUT2D eigenvalue weighted by atomic mass is 16.5. The molecule has 0 aromatic heterocycles. The summed E-state index contributed by atoms with van der Waals surface area (Å²) in [5.74, 6) is -0.496. The largest absolute Gasteiger partial charge is 0.467 e. The number of nitrogens with zero attached hydrogens (tertiary/aromatic N) is 2. The summed E-state index contributed by atoms with van der Waals surface area (Å²) < 4.78 is 4.75. The summed E-state index contributed by atoms with van der Waals surface area (Å²) in [6, 6.07) is 5.47. The van der Waals surface area contributed by atoms with Crippen molar-refractivity contribution >= 4 is 12.0 Å². The molecule has 2 amide bonds. The molecule has 2 aliphatic rings. The summed E-state index contributed by atoms with van der Waals surface area (Å²) >= 11 is 0. The number of carbonyl (C=O) groups excluding carboxylic acids is 2. The van der Waals surface area contributed by atoms with Crippen molar-refractivity contribution in [1.82, 2.24) is 9.96 Å². The Kier molecular flexibility index (Phi) is 2.27. The molecule has 6 heteroatoms. The summed E-state index contributed by atoms with van der Waals surface area (Å²) in [7, 11) is 1.29. The molecule has 0 aliphatic carbocycles. The number of hydroxylamine groups is 2. The lowest BCUT2D eigenvalue weighted by Crippen LogP contribution is -2.38. The molecule has 94 valence electrons. The second-order valence-electron chi connectivity index (χ2n) is 4.35. The van der Waals surface area contributed by atoms with Crippen molar-refractivity contribution in [3.63, 3.8) is 0 Å². The number of hydrogen-bond donors (Lipinski definition) is 1. The van der Waals surface area contributed by atoms with Crippen molar-refractivity contribution in [3.05, 3.63) is 35.4 Å². The van der Waals surface area contributed by atoms with Gasteiger partial charge in [-0.3, -0.25) is 5.21 Å². The number of urea groups is 1. The van der Waals surface area contributed by atoms with Gasteiger partial charge in [0.25, 0.3) is 0 Å². The minimum absolute atomic E-state index is 0.298. The van der Waals surface area contributed by atoms with Crippen molar-refractivity contribution in [2.24, 2.45) is 0 Å². The van der Waals surface area contributed by atoms with Crippen LogP contribution in [0, 0.1) is 0 Å². The first kappa shape index (κ1) is 11.0. The Labute approximate surface area is 103 Å². The standard InChI is InChI=1S/C12H12N2O4/c1-18-11(15)10-8-5-3-2-4-7(8)9-6-13(10)12(16)14(9)17/h2-5,9-10,17H,6H2,1H3/t9-,10+/m0/s1. The van der Waals surface area contributed by atoms with Crippen molar-refractivity contribution in [1.29, 1.82) is 0 Å². The van der Waals surface area contributed by atoms with E-state index in [4.69, 9.17) is 4.74 Å². The van der Waals surface area contributed by atoms with Crippen LogP contribution in [-0.2, 0) is 9.53 Å². The van der Waals surface area contributed by atoms with Crippen molar-refractivity contribution < 1.29 is 19.5 Å². The lowest BCUT2D eigenvalue weighted by atomic mass is 9.91. The molecule has 1 aromatic carbocycles. The van der Waals surface area contributed by atoms with E-state index in [-0.39, 0.29) is 0 Å². The highest BCUT2D eigenvalue weighted by Crippen LogP contribution is 2.42. The van der Waals surface area contributed by atoms with Crippen LogP contribution in [0.15, 0.2) is 24.3 Å². The maximum atomic E-state index is 11.9. The summed E-state index contributed by atoms with van der Waals surface area (Å²) in [4.78, 5) is 25.1. The zero-order chi connectivity index (χ0) is 12.9. The van der Waals surface area contributed by atoms with Crippen LogP contribution in [0.4, 0.5) is 4.79 Å². The zero-order valence-electron chi connectivity index (χ0n) is 9.74. The molecule has 0 saturated carbocycles. The third-order valence-corrected chi connectivity index (χ3v) is 3.49. The Balaban J connectivity index is 2.17. The molecule has 2 bridgehead atoms. The van der Waals surface area contributed by atoms with E-state index in [1.54, 1.807) is 12.1 Å². The Morgan fingerprint density at radius 2 is 2.06 bits per heavy atom. The lowest BCUT2D eigenvalue weighted by Gasteiger charge is -2.30. The third-order valence-electron chi connectivity index (χ3n) is 3.49. The van der Waals surface area contributed by atoms with E-state index in [0.717, 1.165) is 5.56 Å². The fourth-order valence-corrected chi connectivity index (χ4v) is 2.65. The molecule has 1 fully saturated rings. The van der Waals surface area contributed by atoms with Gasteiger partial charge in [0.2, 0.25) is 0 Å². The lowest BCUT2D eigenvalue weighted by molar-refractivity contribution is -0.146. The van der Waals surface area contributed by atoms with Gasteiger partial charge in [-0.15, -0.1) is 0 Å². The molecule has 1 aromatic rings. The second kappa shape index (κ2) is 3.71. The van der Waals surface area contributed by atoms with Gasteiger partial charge in [0, 0.05) is 0 Å². The third kappa shape index (κ3) is 1.26. The molecular weight excluding hydrogens is 236 g/mol. The molecule has 2 atom stereocenters. The first-order valence-electron chi connectivity index (χ1n) is 5.60. The number of methoxy groups -OCH3 is 1. The summed E-state index contributed by atoms with van der Waals surface area (Å²) in [6.07, 6.45) is 0. The van der Waals surface area contributed by atoms with Gasteiger partial charge in [0.1, 0.15) is 6.04 Å². The average Bonchev–Trinajstić information content (AvgIpc) is 2.65. The van der Waals surface area contributed by atoms with Crippen molar-refractivity contribution in [2.45, 2.75) is 12.1 Å². The molecule has 0 spiro atoms. The summed E-state index contributed by atoms with van der Waals surface area (Å²) in [5, 5.41) is 10.5. The molecule has 2 heterocycles. The molecule has 0 radical (unpaired) electrons. The van der Waals surface area contributed by atoms with E-state index in [0.29, 0.717) is 17.2 Å². The van der Waals surface area contributed by atoms with E-state index >= 15 is 0 Å². The van der Waals surface area contributed by atoms with Gasteiger partial charge in [-0.05, 0) is 11.1 Å². The van der Waals surface area contributed by atoms with Gasteiger partial charge >= 0.3 is 12.0 Å². The van der Waals surface area contributed by atoms with Gasteiger partial charge in [0.05, 0.1) is 13.7 Å². The Morgan fingerprint density at radius 1 is 1.39 bits per heavy atom. The number of rotatable bonds is 1. The number of amides is 2. The topological polar surface area (TPSA) is 70.1 Å². The van der Waals surface area contributed by atoms with Crippen LogP contribution < -0.4 is 0 Å². The zero-order valence-corrected chi connectivity index (χ0v) is 9.74. The Bertz CT molecular complexity index is 531. The van der Waals surface area contributed by atoms with Crippen molar-refractivity contribution in [3.8, 4) is 0 Å². The first-order valence-corrected chi connectivity index (χ1v) is 5.60. The monoisotopic (exact) mass is 248 g/mol. The number of esters is 1. The minimum Gasteiger partial charge on any atom is -0.467 e. The summed E-state index contributed by atoms with van der Waals surface area (Å²) in [6.45, 7) is 0.298. The SMILES string of the molecule is COC(=O)[C@H]1c2ccccc2[C@@H]2CN1C(=O)N2O. The molecule has 3 rings (SSSR count). The highest BCUT2D eigenvalue weighted by Gasteiger charge is 2.50. The van der Waals surface area contributed by atoms with E-state index < -0.39 is 24.1 Å². The Hall–Kier alpha value is -2.08. The van der Waals surface area contributed by atoms with Crippen LogP contribution >= 0.6 is 0 Å². The predicted molar refractivity (Wildman–Crippen MR) is 59.7 cm³/mol. The van der Waals surface area contributed by atoms with E-state index in [2.05, 4.69) is 0 Å². The quantitative estimate of drug-likeness (QED) is 0.596. The number of hydrogen-bond acceptors (Lipinski definition) is 4. The van der Waals surface area contributed by atoms with Gasteiger partial charge in [0.15, 0.2) is 6.04 Å². The fourth-order valence-electron chi connectivity index (χ4n) is 2.65. The first-order chi connectivity index (χ1) is 8.65. The predicted octanol–water partition coefficient (Wildman–Crippen LogP) is 1.08. The molecular formula is C12H12N2O4. The molecule has 6 nitrogen and oxygen atoms in total.